The highest BCUT2D eigenvalue weighted by molar-refractivity contribution is 5.97. The average molecular weight is 413 g/mol. The van der Waals surface area contributed by atoms with Crippen molar-refractivity contribution in [3.05, 3.63) is 35.9 Å². The number of ketones is 1. The summed E-state index contributed by atoms with van der Waals surface area (Å²) in [6, 6.07) is 9.13. The molecule has 6 nitrogen and oxygen atoms in total. The first kappa shape index (κ1) is 21.0. The SMILES string of the molecule is C[C@@H]1CN(C(=O)[C@H]2CC23CCN(C(=O)CCC(=O)c2ccccc2)CC3)C[C@H](C)O1. The Kier molecular flexibility index (Phi) is 5.96. The van der Waals surface area contributed by atoms with Gasteiger partial charge >= 0.3 is 0 Å². The molecule has 162 valence electrons. The molecule has 2 amide bonds. The van der Waals surface area contributed by atoms with E-state index in [9.17, 15) is 14.4 Å². The molecule has 3 aliphatic rings. The molecule has 0 N–H and O–H groups in total. The highest BCUT2D eigenvalue weighted by Crippen LogP contribution is 2.60. The molecule has 2 aliphatic heterocycles. The van der Waals surface area contributed by atoms with Gasteiger partial charge in [0, 0.05) is 50.5 Å². The summed E-state index contributed by atoms with van der Waals surface area (Å²) in [5.74, 6) is 0.435. The van der Waals surface area contributed by atoms with Gasteiger partial charge in [-0.1, -0.05) is 30.3 Å². The molecule has 1 aromatic carbocycles. The zero-order chi connectivity index (χ0) is 21.3. The number of carbonyl (C=O) groups excluding carboxylic acids is 3. The number of likely N-dealkylation sites (tertiary alicyclic amines) is 1. The van der Waals surface area contributed by atoms with Crippen LogP contribution in [0.3, 0.4) is 0 Å². The first-order chi connectivity index (χ1) is 14.4. The molecule has 30 heavy (non-hydrogen) atoms. The van der Waals surface area contributed by atoms with Crippen molar-refractivity contribution in [3.8, 4) is 0 Å². The zero-order valence-corrected chi connectivity index (χ0v) is 18.0. The largest absolute Gasteiger partial charge is 0.372 e. The predicted octanol–water partition coefficient (Wildman–Crippen LogP) is 2.91. The molecule has 2 heterocycles. The van der Waals surface area contributed by atoms with Gasteiger partial charge in [-0.25, -0.2) is 0 Å². The smallest absolute Gasteiger partial charge is 0.226 e. The fourth-order valence-electron chi connectivity index (χ4n) is 5.18. The Morgan fingerprint density at radius 3 is 2.23 bits per heavy atom. The monoisotopic (exact) mass is 412 g/mol. The lowest BCUT2D eigenvalue weighted by atomic mass is 9.90. The van der Waals surface area contributed by atoms with Crippen molar-refractivity contribution in [2.75, 3.05) is 26.2 Å². The summed E-state index contributed by atoms with van der Waals surface area (Å²) in [6.07, 6.45) is 3.40. The molecule has 1 saturated carbocycles. The lowest BCUT2D eigenvalue weighted by molar-refractivity contribution is -0.145. The Labute approximate surface area is 178 Å². The van der Waals surface area contributed by atoms with Crippen molar-refractivity contribution in [3.63, 3.8) is 0 Å². The molecule has 3 fully saturated rings. The third kappa shape index (κ3) is 4.43. The first-order valence-electron chi connectivity index (χ1n) is 11.2. The average Bonchev–Trinajstić information content (AvgIpc) is 3.44. The fourth-order valence-corrected chi connectivity index (χ4v) is 5.18. The number of ether oxygens (including phenoxy) is 1. The van der Waals surface area contributed by atoms with Gasteiger partial charge in [0.15, 0.2) is 5.78 Å². The van der Waals surface area contributed by atoms with Gasteiger partial charge in [-0.3, -0.25) is 14.4 Å². The molecule has 0 unspecified atom stereocenters. The van der Waals surface area contributed by atoms with Crippen LogP contribution >= 0.6 is 0 Å². The number of morpholine rings is 1. The van der Waals surface area contributed by atoms with E-state index >= 15 is 0 Å². The molecule has 3 atom stereocenters. The molecule has 2 saturated heterocycles. The van der Waals surface area contributed by atoms with E-state index in [1.807, 2.05) is 41.8 Å². The molecule has 4 rings (SSSR count). The summed E-state index contributed by atoms with van der Waals surface area (Å²) < 4.78 is 5.75. The van der Waals surface area contributed by atoms with Crippen LogP contribution in [-0.4, -0.2) is 65.8 Å². The number of hydrogen-bond donors (Lipinski definition) is 0. The van der Waals surface area contributed by atoms with Crippen LogP contribution < -0.4 is 0 Å². The highest BCUT2D eigenvalue weighted by atomic mass is 16.5. The summed E-state index contributed by atoms with van der Waals surface area (Å²) in [5, 5.41) is 0. The van der Waals surface area contributed by atoms with Gasteiger partial charge in [0.05, 0.1) is 12.2 Å². The van der Waals surface area contributed by atoms with E-state index in [4.69, 9.17) is 4.74 Å². The minimum atomic E-state index is 0.0132. The van der Waals surface area contributed by atoms with Gasteiger partial charge in [0.25, 0.3) is 0 Å². The molecule has 0 aromatic heterocycles. The maximum absolute atomic E-state index is 13.0. The maximum atomic E-state index is 13.0. The van der Waals surface area contributed by atoms with Crippen LogP contribution in [0.25, 0.3) is 0 Å². The Morgan fingerprint density at radius 1 is 0.967 bits per heavy atom. The predicted molar refractivity (Wildman–Crippen MR) is 113 cm³/mol. The second kappa shape index (κ2) is 8.50. The molecule has 1 aromatic rings. The van der Waals surface area contributed by atoms with Crippen molar-refractivity contribution in [2.45, 2.75) is 58.2 Å². The van der Waals surface area contributed by atoms with E-state index < -0.39 is 0 Å². The third-order valence-electron chi connectivity index (χ3n) is 6.99. The Bertz CT molecular complexity index is 791. The first-order valence-corrected chi connectivity index (χ1v) is 11.2. The molecule has 0 radical (unpaired) electrons. The summed E-state index contributed by atoms with van der Waals surface area (Å²) >= 11 is 0. The zero-order valence-electron chi connectivity index (χ0n) is 18.0. The van der Waals surface area contributed by atoms with Crippen LogP contribution in [0.5, 0.6) is 0 Å². The van der Waals surface area contributed by atoms with Gasteiger partial charge in [0.1, 0.15) is 0 Å². The standard InChI is InChI=1S/C24H32N2O4/c1-17-15-26(16-18(2)30-17)23(29)20-14-24(20)10-12-25(13-11-24)22(28)9-8-21(27)19-6-4-3-5-7-19/h3-7,17-18,20H,8-16H2,1-2H3/t17-,18+,20-/m1/s1. The van der Waals surface area contributed by atoms with E-state index in [1.165, 1.54) is 0 Å². The van der Waals surface area contributed by atoms with E-state index in [-0.39, 0.29) is 54.0 Å². The lowest BCUT2D eigenvalue weighted by Gasteiger charge is -2.37. The topological polar surface area (TPSA) is 66.9 Å². The normalized spacial score (nSPS) is 27.7. The number of hydrogen-bond acceptors (Lipinski definition) is 4. The summed E-state index contributed by atoms with van der Waals surface area (Å²) in [6.45, 7) is 6.78. The van der Waals surface area contributed by atoms with Crippen molar-refractivity contribution in [1.82, 2.24) is 9.80 Å². The molecular formula is C24H32N2O4. The van der Waals surface area contributed by atoms with Gasteiger partial charge in [-0.05, 0) is 38.5 Å². The molecule has 1 aliphatic carbocycles. The second-order valence-corrected chi connectivity index (χ2v) is 9.29. The number of piperidine rings is 1. The molecular weight excluding hydrogens is 380 g/mol. The van der Waals surface area contributed by atoms with Crippen LogP contribution in [0.15, 0.2) is 30.3 Å². The Morgan fingerprint density at radius 2 is 1.60 bits per heavy atom. The van der Waals surface area contributed by atoms with Gasteiger partial charge in [-0.2, -0.15) is 0 Å². The van der Waals surface area contributed by atoms with Crippen LogP contribution in [0.2, 0.25) is 0 Å². The van der Waals surface area contributed by atoms with Gasteiger partial charge < -0.3 is 14.5 Å². The van der Waals surface area contributed by atoms with Gasteiger partial charge in [-0.15, -0.1) is 0 Å². The Balaban J connectivity index is 1.24. The molecule has 6 heteroatoms. The number of amides is 2. The number of benzene rings is 1. The van der Waals surface area contributed by atoms with E-state index in [0.717, 1.165) is 19.3 Å². The minimum absolute atomic E-state index is 0.0132. The van der Waals surface area contributed by atoms with Crippen molar-refractivity contribution >= 4 is 17.6 Å². The van der Waals surface area contributed by atoms with Crippen LogP contribution in [-0.2, 0) is 14.3 Å². The van der Waals surface area contributed by atoms with Crippen LogP contribution in [0, 0.1) is 11.3 Å². The maximum Gasteiger partial charge on any atom is 0.226 e. The quantitative estimate of drug-likeness (QED) is 0.698. The third-order valence-corrected chi connectivity index (χ3v) is 6.99. The number of nitrogens with zero attached hydrogens (tertiary/aromatic N) is 2. The van der Waals surface area contributed by atoms with Crippen LogP contribution in [0.1, 0.15) is 56.3 Å². The van der Waals surface area contributed by atoms with Crippen molar-refractivity contribution < 1.29 is 19.1 Å². The van der Waals surface area contributed by atoms with E-state index in [1.54, 1.807) is 12.1 Å². The fraction of sp³-hybridized carbons (Fsp3) is 0.625. The number of Topliss-reactive ketones (excluding diaryl/α,β-unsaturated/α-hetero) is 1. The highest BCUT2D eigenvalue weighted by Gasteiger charge is 2.59. The van der Waals surface area contributed by atoms with Crippen molar-refractivity contribution in [2.24, 2.45) is 11.3 Å². The summed E-state index contributed by atoms with van der Waals surface area (Å²) in [7, 11) is 0. The molecule has 1 spiro atoms. The van der Waals surface area contributed by atoms with Crippen LogP contribution in [0.4, 0.5) is 0 Å². The van der Waals surface area contributed by atoms with Gasteiger partial charge in [0.2, 0.25) is 11.8 Å². The minimum Gasteiger partial charge on any atom is -0.372 e. The number of rotatable bonds is 5. The number of carbonyl (C=O) groups is 3. The summed E-state index contributed by atoms with van der Waals surface area (Å²) in [4.78, 5) is 41.7. The summed E-state index contributed by atoms with van der Waals surface area (Å²) in [5.41, 5.74) is 0.743. The molecule has 0 bridgehead atoms. The lowest BCUT2D eigenvalue weighted by Crippen LogP contribution is -2.49. The Hall–Kier alpha value is -2.21. The van der Waals surface area contributed by atoms with E-state index in [0.29, 0.717) is 31.7 Å². The van der Waals surface area contributed by atoms with E-state index in [2.05, 4.69) is 0 Å². The van der Waals surface area contributed by atoms with Crippen molar-refractivity contribution in [1.29, 1.82) is 0 Å². The second-order valence-electron chi connectivity index (χ2n) is 9.29.